The predicted molar refractivity (Wildman–Crippen MR) is 128 cm³/mol. The molecule has 1 amide bonds. The summed E-state index contributed by atoms with van der Waals surface area (Å²) in [5.41, 5.74) is 3.54. The Morgan fingerprint density at radius 3 is 2.42 bits per heavy atom. The molecule has 1 aliphatic rings. The summed E-state index contributed by atoms with van der Waals surface area (Å²) in [5, 5.41) is 13.1. The highest BCUT2D eigenvalue weighted by atomic mass is 32.2. The average molecular weight is 468 g/mol. The van der Waals surface area contributed by atoms with E-state index in [4.69, 9.17) is 9.47 Å². The lowest BCUT2D eigenvalue weighted by atomic mass is 9.91. The minimum atomic E-state index is -0.540. The van der Waals surface area contributed by atoms with Gasteiger partial charge < -0.3 is 24.5 Å². The predicted octanol–water partition coefficient (Wildman–Crippen LogP) is 4.45. The first kappa shape index (κ1) is 23.5. The van der Waals surface area contributed by atoms with Crippen LogP contribution in [0.1, 0.15) is 42.9 Å². The molecule has 3 aromatic rings. The topological polar surface area (TPSA) is 85.6 Å². The fourth-order valence-corrected chi connectivity index (χ4v) is 4.98. The van der Waals surface area contributed by atoms with Crippen molar-refractivity contribution >= 4 is 23.4 Å². The summed E-state index contributed by atoms with van der Waals surface area (Å²) in [4.78, 5) is 15.7. The van der Waals surface area contributed by atoms with E-state index < -0.39 is 6.29 Å². The number of aryl methyl sites for hydroxylation is 1. The minimum absolute atomic E-state index is 0.0106. The highest BCUT2D eigenvalue weighted by Gasteiger charge is 2.38. The van der Waals surface area contributed by atoms with E-state index in [0.717, 1.165) is 33.3 Å². The van der Waals surface area contributed by atoms with Gasteiger partial charge in [-0.25, -0.2) is 4.98 Å². The van der Waals surface area contributed by atoms with Gasteiger partial charge in [-0.05, 0) is 23.3 Å². The molecule has 4 atom stereocenters. The number of aliphatic hydroxyl groups excluding tert-OH is 1. The number of benzene rings is 2. The Bertz CT molecular complexity index is 1070. The van der Waals surface area contributed by atoms with Gasteiger partial charge >= 0.3 is 0 Å². The number of thioether (sulfide) groups is 1. The SMILES string of the molecule is CC(=O)Nc1ccc([C@@H]2O[C@H](CSc3nccn3C)[C@H](C)[C@H](c3ccc(CO)cc3)O2)cc1. The van der Waals surface area contributed by atoms with Crippen molar-refractivity contribution in [2.24, 2.45) is 13.0 Å². The van der Waals surface area contributed by atoms with E-state index in [9.17, 15) is 9.90 Å². The summed E-state index contributed by atoms with van der Waals surface area (Å²) in [7, 11) is 1.98. The number of carbonyl (C=O) groups is 1. The monoisotopic (exact) mass is 467 g/mol. The Balaban J connectivity index is 1.57. The van der Waals surface area contributed by atoms with E-state index in [1.165, 1.54) is 6.92 Å². The molecule has 174 valence electrons. The first-order valence-electron chi connectivity index (χ1n) is 10.9. The molecule has 1 aliphatic heterocycles. The second-order valence-corrected chi connectivity index (χ2v) is 9.24. The number of imidazole rings is 1. The third-order valence-corrected chi connectivity index (χ3v) is 6.93. The maximum Gasteiger partial charge on any atom is 0.221 e. The molecule has 7 nitrogen and oxygen atoms in total. The molecule has 33 heavy (non-hydrogen) atoms. The number of aliphatic hydroxyl groups is 1. The summed E-state index contributed by atoms with van der Waals surface area (Å²) >= 11 is 1.66. The fraction of sp³-hybridized carbons (Fsp3) is 0.360. The molecule has 2 aromatic carbocycles. The van der Waals surface area contributed by atoms with Gasteiger partial charge in [0, 0.05) is 49.3 Å². The third kappa shape index (κ3) is 5.65. The Labute approximate surface area is 198 Å². The van der Waals surface area contributed by atoms with E-state index in [2.05, 4.69) is 17.2 Å². The first-order chi connectivity index (χ1) is 15.9. The first-order valence-corrected chi connectivity index (χ1v) is 11.9. The van der Waals surface area contributed by atoms with Crippen LogP contribution in [0, 0.1) is 5.92 Å². The molecule has 0 spiro atoms. The molecule has 4 rings (SSSR count). The number of carbonyl (C=O) groups excluding carboxylic acids is 1. The van der Waals surface area contributed by atoms with Gasteiger partial charge in [0.1, 0.15) is 0 Å². The second-order valence-electron chi connectivity index (χ2n) is 8.26. The molecule has 8 heteroatoms. The van der Waals surface area contributed by atoms with Crippen LogP contribution < -0.4 is 5.32 Å². The number of ether oxygens (including phenoxy) is 2. The van der Waals surface area contributed by atoms with Crippen molar-refractivity contribution in [1.82, 2.24) is 9.55 Å². The van der Waals surface area contributed by atoms with Gasteiger partial charge in [-0.1, -0.05) is 55.1 Å². The van der Waals surface area contributed by atoms with Crippen LogP contribution in [0.15, 0.2) is 66.1 Å². The van der Waals surface area contributed by atoms with Crippen molar-refractivity contribution in [2.75, 3.05) is 11.1 Å². The number of amides is 1. The quantitative estimate of drug-likeness (QED) is 0.499. The number of hydrogen-bond acceptors (Lipinski definition) is 6. The molecule has 2 heterocycles. The molecule has 1 fully saturated rings. The number of nitrogens with one attached hydrogen (secondary N) is 1. The number of nitrogens with zero attached hydrogens (tertiary/aromatic N) is 2. The van der Waals surface area contributed by atoms with Crippen LogP contribution in [0.2, 0.25) is 0 Å². The van der Waals surface area contributed by atoms with Crippen molar-refractivity contribution in [1.29, 1.82) is 0 Å². The number of anilines is 1. The molecular weight excluding hydrogens is 438 g/mol. The van der Waals surface area contributed by atoms with Gasteiger partial charge in [0.05, 0.1) is 18.8 Å². The van der Waals surface area contributed by atoms with Gasteiger partial charge in [0.2, 0.25) is 5.91 Å². The van der Waals surface area contributed by atoms with Crippen molar-refractivity contribution in [3.63, 3.8) is 0 Å². The summed E-state index contributed by atoms with van der Waals surface area (Å²) in [6.07, 6.45) is 2.95. The molecule has 0 bridgehead atoms. The van der Waals surface area contributed by atoms with Gasteiger partial charge in [0.15, 0.2) is 11.4 Å². The summed E-state index contributed by atoms with van der Waals surface area (Å²) < 4.78 is 14.9. The lowest BCUT2D eigenvalue weighted by Crippen LogP contribution is -2.38. The zero-order valence-corrected chi connectivity index (χ0v) is 19.8. The van der Waals surface area contributed by atoms with Crippen LogP contribution in [0.4, 0.5) is 5.69 Å². The highest BCUT2D eigenvalue weighted by Crippen LogP contribution is 2.43. The van der Waals surface area contributed by atoms with E-state index in [-0.39, 0.29) is 30.6 Å². The van der Waals surface area contributed by atoms with E-state index in [0.29, 0.717) is 0 Å². The van der Waals surface area contributed by atoms with Crippen LogP contribution in [0.3, 0.4) is 0 Å². The molecule has 0 aliphatic carbocycles. The Morgan fingerprint density at radius 1 is 1.12 bits per heavy atom. The Morgan fingerprint density at radius 2 is 1.82 bits per heavy atom. The molecule has 0 radical (unpaired) electrons. The smallest absolute Gasteiger partial charge is 0.221 e. The lowest BCUT2D eigenvalue weighted by Gasteiger charge is -2.41. The molecule has 2 N–H and O–H groups in total. The maximum atomic E-state index is 11.3. The fourth-order valence-electron chi connectivity index (χ4n) is 3.88. The van der Waals surface area contributed by atoms with Gasteiger partial charge in [0.25, 0.3) is 0 Å². The van der Waals surface area contributed by atoms with Crippen LogP contribution in [0.25, 0.3) is 0 Å². The van der Waals surface area contributed by atoms with Crippen LogP contribution >= 0.6 is 11.8 Å². The van der Waals surface area contributed by atoms with Gasteiger partial charge in [-0.2, -0.15) is 0 Å². The molecule has 1 saturated heterocycles. The highest BCUT2D eigenvalue weighted by molar-refractivity contribution is 7.99. The van der Waals surface area contributed by atoms with Gasteiger partial charge in [-0.15, -0.1) is 0 Å². The summed E-state index contributed by atoms with van der Waals surface area (Å²) in [6.45, 7) is 3.64. The van der Waals surface area contributed by atoms with Crippen LogP contribution in [-0.2, 0) is 27.9 Å². The normalized spacial score (nSPS) is 22.8. The standard InChI is InChI=1S/C25H29N3O4S/c1-16-22(15-33-25-26-12-13-28(25)3)31-24(20-8-10-21(11-9-20)27-17(2)30)32-23(16)19-6-4-18(14-29)5-7-19/h4-13,16,22-24,29H,14-15H2,1-3H3,(H,27,30)/t16-,22+,23+,24+/m0/s1. The molecular formula is C25H29N3O4S. The van der Waals surface area contributed by atoms with Gasteiger partial charge in [-0.3, -0.25) is 4.79 Å². The molecule has 0 saturated carbocycles. The number of hydrogen-bond donors (Lipinski definition) is 2. The molecule has 0 unspecified atom stereocenters. The summed E-state index contributed by atoms with van der Waals surface area (Å²) in [5.74, 6) is 0.730. The lowest BCUT2D eigenvalue weighted by molar-refractivity contribution is -0.268. The van der Waals surface area contributed by atoms with E-state index >= 15 is 0 Å². The third-order valence-electron chi connectivity index (χ3n) is 5.78. The average Bonchev–Trinajstić information content (AvgIpc) is 3.23. The largest absolute Gasteiger partial charge is 0.392 e. The zero-order chi connectivity index (χ0) is 23.4. The second kappa shape index (κ2) is 10.5. The molecule has 1 aromatic heterocycles. The van der Waals surface area contributed by atoms with Crippen molar-refractivity contribution in [3.05, 3.63) is 77.6 Å². The van der Waals surface area contributed by atoms with Crippen LogP contribution in [0.5, 0.6) is 0 Å². The zero-order valence-electron chi connectivity index (χ0n) is 19.0. The Hall–Kier alpha value is -2.65. The Kier molecular flexibility index (Phi) is 7.49. The minimum Gasteiger partial charge on any atom is -0.392 e. The van der Waals surface area contributed by atoms with Crippen LogP contribution in [-0.4, -0.2) is 32.4 Å². The van der Waals surface area contributed by atoms with Crippen molar-refractivity contribution < 1.29 is 19.4 Å². The maximum absolute atomic E-state index is 11.3. The summed E-state index contributed by atoms with van der Waals surface area (Å²) in [6, 6.07) is 15.4. The van der Waals surface area contributed by atoms with Crippen molar-refractivity contribution in [2.45, 2.75) is 44.1 Å². The van der Waals surface area contributed by atoms with Crippen molar-refractivity contribution in [3.8, 4) is 0 Å². The van der Waals surface area contributed by atoms with E-state index in [1.807, 2.05) is 66.3 Å². The number of rotatable bonds is 7. The number of aromatic nitrogens is 2. The van der Waals surface area contributed by atoms with E-state index in [1.54, 1.807) is 18.0 Å².